The second kappa shape index (κ2) is 10.9. The summed E-state index contributed by atoms with van der Waals surface area (Å²) in [6.07, 6.45) is 0.625. The van der Waals surface area contributed by atoms with Crippen LogP contribution in [0.3, 0.4) is 0 Å². The summed E-state index contributed by atoms with van der Waals surface area (Å²) in [5.74, 6) is -0.425. The minimum atomic E-state index is -0.780. The fraction of sp³-hybridized carbons (Fsp3) is 0.480. The molecule has 0 saturated heterocycles. The Morgan fingerprint density at radius 1 is 1.21 bits per heavy atom. The SMILES string of the molecule is CCOC(=O)Cc1cc2c(s1)CCN(C(=O)[C@H](Cc1ccc(N)cc1)NC(=O)OC(C)(C)C)C2. The Morgan fingerprint density at radius 2 is 1.91 bits per heavy atom. The summed E-state index contributed by atoms with van der Waals surface area (Å²) in [5.41, 5.74) is 7.66. The van der Waals surface area contributed by atoms with Crippen molar-refractivity contribution in [3.05, 3.63) is 51.2 Å². The molecule has 0 saturated carbocycles. The first-order valence-corrected chi connectivity index (χ1v) is 12.2. The summed E-state index contributed by atoms with van der Waals surface area (Å²) >= 11 is 1.59. The number of nitrogen functional groups attached to an aromatic ring is 1. The van der Waals surface area contributed by atoms with E-state index in [0.717, 1.165) is 16.0 Å². The first kappa shape index (κ1) is 25.6. The minimum absolute atomic E-state index is 0.175. The molecule has 1 aliphatic rings. The second-order valence-electron chi connectivity index (χ2n) is 9.30. The number of ether oxygens (including phenoxy) is 2. The van der Waals surface area contributed by atoms with E-state index in [1.54, 1.807) is 56.1 Å². The largest absolute Gasteiger partial charge is 0.466 e. The van der Waals surface area contributed by atoms with Crippen LogP contribution in [0.5, 0.6) is 0 Å². The van der Waals surface area contributed by atoms with Crippen LogP contribution < -0.4 is 11.1 Å². The summed E-state index contributed by atoms with van der Waals surface area (Å²) in [5, 5.41) is 2.76. The number of rotatable bonds is 7. The molecule has 0 fully saturated rings. The fourth-order valence-electron chi connectivity index (χ4n) is 3.78. The lowest BCUT2D eigenvalue weighted by atomic mass is 10.0. The number of nitrogens with one attached hydrogen (secondary N) is 1. The van der Waals surface area contributed by atoms with Crippen molar-refractivity contribution in [1.29, 1.82) is 0 Å². The molecule has 2 aromatic rings. The van der Waals surface area contributed by atoms with Gasteiger partial charge in [-0.1, -0.05) is 12.1 Å². The van der Waals surface area contributed by atoms with Crippen molar-refractivity contribution in [3.8, 4) is 0 Å². The number of thiophene rings is 1. The van der Waals surface area contributed by atoms with Crippen molar-refractivity contribution >= 4 is 35.0 Å². The Balaban J connectivity index is 1.73. The molecule has 1 atom stereocenters. The van der Waals surface area contributed by atoms with Crippen LogP contribution in [-0.2, 0) is 44.9 Å². The van der Waals surface area contributed by atoms with E-state index in [1.165, 1.54) is 4.88 Å². The van der Waals surface area contributed by atoms with Crippen molar-refractivity contribution in [2.24, 2.45) is 0 Å². The number of nitrogens with zero attached hydrogens (tertiary/aromatic N) is 1. The van der Waals surface area contributed by atoms with Gasteiger partial charge in [0.15, 0.2) is 0 Å². The molecule has 3 N–H and O–H groups in total. The standard InChI is InChI=1S/C25H33N3O5S/c1-5-32-22(29)14-19-13-17-15-28(11-10-21(17)34-19)23(30)20(27-24(31)33-25(2,3)4)12-16-6-8-18(26)9-7-16/h6-9,13,20H,5,10-12,14-15,26H2,1-4H3,(H,27,31)/t20-/m0/s1. The number of fused-ring (bicyclic) bond motifs is 1. The lowest BCUT2D eigenvalue weighted by Crippen LogP contribution is -2.51. The molecule has 1 aliphatic heterocycles. The van der Waals surface area contributed by atoms with Gasteiger partial charge in [0.2, 0.25) is 5.91 Å². The Bertz CT molecular complexity index is 1030. The molecule has 1 aromatic carbocycles. The molecule has 0 unspecified atom stereocenters. The number of hydrogen-bond acceptors (Lipinski definition) is 7. The third-order valence-corrected chi connectivity index (χ3v) is 6.50. The first-order valence-electron chi connectivity index (χ1n) is 11.4. The Hall–Kier alpha value is -3.07. The number of carbonyl (C=O) groups is 3. The van der Waals surface area contributed by atoms with Crippen LogP contribution in [0.4, 0.5) is 10.5 Å². The van der Waals surface area contributed by atoms with Crippen LogP contribution in [0, 0.1) is 0 Å². The van der Waals surface area contributed by atoms with Gasteiger partial charge in [0.1, 0.15) is 11.6 Å². The molecule has 3 rings (SSSR count). The molecule has 8 nitrogen and oxygen atoms in total. The number of anilines is 1. The van der Waals surface area contributed by atoms with Gasteiger partial charge in [-0.15, -0.1) is 11.3 Å². The number of alkyl carbamates (subject to hydrolysis) is 1. The van der Waals surface area contributed by atoms with E-state index < -0.39 is 17.7 Å². The zero-order valence-electron chi connectivity index (χ0n) is 20.2. The first-order chi connectivity index (χ1) is 16.0. The molecule has 34 heavy (non-hydrogen) atoms. The molecule has 0 spiro atoms. The zero-order valence-corrected chi connectivity index (χ0v) is 21.0. The third kappa shape index (κ3) is 7.21. The molecule has 184 valence electrons. The highest BCUT2D eigenvalue weighted by Crippen LogP contribution is 2.29. The average molecular weight is 488 g/mol. The summed E-state index contributed by atoms with van der Waals surface area (Å²) in [6.45, 7) is 8.44. The highest BCUT2D eigenvalue weighted by Gasteiger charge is 2.31. The van der Waals surface area contributed by atoms with Crippen molar-refractivity contribution in [1.82, 2.24) is 10.2 Å². The summed E-state index contributed by atoms with van der Waals surface area (Å²) in [7, 11) is 0. The molecular weight excluding hydrogens is 454 g/mol. The number of hydrogen-bond donors (Lipinski definition) is 2. The quantitative estimate of drug-likeness (QED) is 0.457. The molecule has 2 amide bonds. The van der Waals surface area contributed by atoms with Gasteiger partial charge in [0, 0.05) is 35.0 Å². The smallest absolute Gasteiger partial charge is 0.408 e. The number of esters is 1. The van der Waals surface area contributed by atoms with Crippen LogP contribution in [0.2, 0.25) is 0 Å². The average Bonchev–Trinajstić information content (AvgIpc) is 3.14. The maximum absolute atomic E-state index is 13.5. The van der Waals surface area contributed by atoms with Crippen LogP contribution in [0.15, 0.2) is 30.3 Å². The van der Waals surface area contributed by atoms with Crippen LogP contribution in [0.1, 0.15) is 48.6 Å². The highest BCUT2D eigenvalue weighted by molar-refractivity contribution is 7.12. The van der Waals surface area contributed by atoms with Gasteiger partial charge in [-0.3, -0.25) is 9.59 Å². The van der Waals surface area contributed by atoms with Gasteiger partial charge in [0.25, 0.3) is 0 Å². The number of carbonyl (C=O) groups excluding carboxylic acids is 3. The van der Waals surface area contributed by atoms with Crippen molar-refractivity contribution in [2.45, 2.75) is 65.1 Å². The third-order valence-electron chi connectivity index (χ3n) is 5.26. The molecule has 0 bridgehead atoms. The minimum Gasteiger partial charge on any atom is -0.466 e. The van der Waals surface area contributed by atoms with Gasteiger partial charge in [-0.05, 0) is 63.4 Å². The predicted molar refractivity (Wildman–Crippen MR) is 131 cm³/mol. The maximum Gasteiger partial charge on any atom is 0.408 e. The predicted octanol–water partition coefficient (Wildman–Crippen LogP) is 3.46. The van der Waals surface area contributed by atoms with Crippen LogP contribution in [-0.4, -0.2) is 47.7 Å². The van der Waals surface area contributed by atoms with Crippen LogP contribution in [0.25, 0.3) is 0 Å². The zero-order chi connectivity index (χ0) is 24.9. The number of amides is 2. The summed E-state index contributed by atoms with van der Waals surface area (Å²) in [6, 6.07) is 8.44. The molecule has 2 heterocycles. The Morgan fingerprint density at radius 3 is 2.56 bits per heavy atom. The van der Waals surface area contributed by atoms with E-state index in [0.29, 0.717) is 38.2 Å². The van der Waals surface area contributed by atoms with E-state index in [4.69, 9.17) is 15.2 Å². The molecule has 9 heteroatoms. The van der Waals surface area contributed by atoms with E-state index in [-0.39, 0.29) is 18.3 Å². The molecule has 0 radical (unpaired) electrons. The van der Waals surface area contributed by atoms with Crippen molar-refractivity contribution in [3.63, 3.8) is 0 Å². The highest BCUT2D eigenvalue weighted by atomic mass is 32.1. The van der Waals surface area contributed by atoms with Gasteiger partial charge >= 0.3 is 12.1 Å². The lowest BCUT2D eigenvalue weighted by molar-refractivity contribution is -0.142. The van der Waals surface area contributed by atoms with Crippen molar-refractivity contribution in [2.75, 3.05) is 18.9 Å². The molecule has 1 aromatic heterocycles. The van der Waals surface area contributed by atoms with E-state index in [2.05, 4.69) is 5.32 Å². The van der Waals surface area contributed by atoms with Crippen LogP contribution >= 0.6 is 11.3 Å². The molecule has 0 aliphatic carbocycles. The topological polar surface area (TPSA) is 111 Å². The van der Waals surface area contributed by atoms with Gasteiger partial charge in [-0.25, -0.2) is 4.79 Å². The lowest BCUT2D eigenvalue weighted by Gasteiger charge is -2.31. The van der Waals surface area contributed by atoms with E-state index in [1.807, 2.05) is 18.2 Å². The fourth-order valence-corrected chi connectivity index (χ4v) is 4.94. The Kier molecular flexibility index (Phi) is 8.19. The van der Waals surface area contributed by atoms with Gasteiger partial charge in [0.05, 0.1) is 13.0 Å². The normalized spacial score (nSPS) is 14.2. The number of nitrogens with two attached hydrogens (primary N) is 1. The maximum atomic E-state index is 13.5. The Labute approximate surface area is 204 Å². The van der Waals surface area contributed by atoms with E-state index in [9.17, 15) is 14.4 Å². The molecular formula is C25H33N3O5S. The summed E-state index contributed by atoms with van der Waals surface area (Å²) in [4.78, 5) is 41.7. The van der Waals surface area contributed by atoms with Crippen molar-refractivity contribution < 1.29 is 23.9 Å². The van der Waals surface area contributed by atoms with Gasteiger partial charge in [-0.2, -0.15) is 0 Å². The number of benzene rings is 1. The van der Waals surface area contributed by atoms with Gasteiger partial charge < -0.3 is 25.4 Å². The van der Waals surface area contributed by atoms with E-state index >= 15 is 0 Å². The summed E-state index contributed by atoms with van der Waals surface area (Å²) < 4.78 is 10.4. The second-order valence-corrected chi connectivity index (χ2v) is 10.5. The monoisotopic (exact) mass is 487 g/mol.